The lowest BCUT2D eigenvalue weighted by Crippen LogP contribution is -2.27. The van der Waals surface area contributed by atoms with E-state index in [1.165, 1.54) is 16.1 Å². The SMILES string of the molecule is O=C(CSc1ccc(S(=O)(=O)N2CCCC2)cc1)Nc1ccccc1Oc1ccccc1. The van der Waals surface area contributed by atoms with Crippen molar-refractivity contribution in [2.45, 2.75) is 22.6 Å². The molecule has 0 spiro atoms. The third-order valence-electron chi connectivity index (χ3n) is 5.03. The van der Waals surface area contributed by atoms with Crippen LogP contribution in [0.5, 0.6) is 11.5 Å². The highest BCUT2D eigenvalue weighted by atomic mass is 32.2. The van der Waals surface area contributed by atoms with Crippen LogP contribution in [-0.2, 0) is 14.8 Å². The van der Waals surface area contributed by atoms with E-state index >= 15 is 0 Å². The van der Waals surface area contributed by atoms with Crippen molar-refractivity contribution >= 4 is 33.4 Å². The van der Waals surface area contributed by atoms with E-state index in [0.29, 0.717) is 35.2 Å². The maximum Gasteiger partial charge on any atom is 0.243 e. The number of carbonyl (C=O) groups excluding carboxylic acids is 1. The van der Waals surface area contributed by atoms with Crippen molar-refractivity contribution in [2.75, 3.05) is 24.2 Å². The van der Waals surface area contributed by atoms with Gasteiger partial charge >= 0.3 is 0 Å². The van der Waals surface area contributed by atoms with Crippen LogP contribution in [-0.4, -0.2) is 37.5 Å². The molecule has 1 N–H and O–H groups in total. The minimum absolute atomic E-state index is 0.173. The molecule has 6 nitrogen and oxygen atoms in total. The van der Waals surface area contributed by atoms with Gasteiger partial charge in [0.1, 0.15) is 5.75 Å². The standard InChI is InChI=1S/C24H24N2O4S2/c27-24(25-22-10-4-5-11-23(22)30-19-8-2-1-3-9-19)18-31-20-12-14-21(15-13-20)32(28,29)26-16-6-7-17-26/h1-5,8-15H,6-7,16-18H2,(H,25,27). The summed E-state index contributed by atoms with van der Waals surface area (Å²) in [5.74, 6) is 1.27. The van der Waals surface area contributed by atoms with Crippen molar-refractivity contribution in [1.82, 2.24) is 4.31 Å². The van der Waals surface area contributed by atoms with E-state index in [2.05, 4.69) is 5.32 Å². The molecule has 1 fully saturated rings. The number of para-hydroxylation sites is 3. The molecular formula is C24H24N2O4S2. The van der Waals surface area contributed by atoms with E-state index in [0.717, 1.165) is 17.7 Å². The predicted molar refractivity (Wildman–Crippen MR) is 127 cm³/mol. The normalized spacial score (nSPS) is 14.2. The monoisotopic (exact) mass is 468 g/mol. The Kier molecular flexibility index (Phi) is 7.14. The Bertz CT molecular complexity index is 1160. The largest absolute Gasteiger partial charge is 0.455 e. The maximum atomic E-state index is 12.6. The predicted octanol–water partition coefficient (Wildman–Crippen LogP) is 4.99. The molecule has 3 aromatic carbocycles. The van der Waals surface area contributed by atoms with Crippen LogP contribution in [0.25, 0.3) is 0 Å². The van der Waals surface area contributed by atoms with Crippen molar-refractivity contribution in [3.05, 3.63) is 78.9 Å². The molecule has 0 aliphatic carbocycles. The Morgan fingerprint density at radius 3 is 2.28 bits per heavy atom. The van der Waals surface area contributed by atoms with Gasteiger partial charge in [0.2, 0.25) is 15.9 Å². The van der Waals surface area contributed by atoms with Gasteiger partial charge in [-0.1, -0.05) is 30.3 Å². The summed E-state index contributed by atoms with van der Waals surface area (Å²) in [4.78, 5) is 13.6. The van der Waals surface area contributed by atoms with Crippen LogP contribution in [0.1, 0.15) is 12.8 Å². The fourth-order valence-corrected chi connectivity index (χ4v) is 5.61. The van der Waals surface area contributed by atoms with Crippen molar-refractivity contribution in [3.63, 3.8) is 0 Å². The summed E-state index contributed by atoms with van der Waals surface area (Å²) in [6, 6.07) is 23.4. The summed E-state index contributed by atoms with van der Waals surface area (Å²) in [5, 5.41) is 2.89. The van der Waals surface area contributed by atoms with E-state index in [1.54, 1.807) is 36.4 Å². The first kappa shape index (κ1) is 22.4. The minimum atomic E-state index is -3.43. The lowest BCUT2D eigenvalue weighted by Gasteiger charge is -2.15. The van der Waals surface area contributed by atoms with Crippen molar-refractivity contribution < 1.29 is 17.9 Å². The zero-order valence-electron chi connectivity index (χ0n) is 17.4. The molecule has 1 saturated heterocycles. The van der Waals surface area contributed by atoms with Crippen LogP contribution in [0, 0.1) is 0 Å². The number of nitrogens with one attached hydrogen (secondary N) is 1. The molecule has 8 heteroatoms. The van der Waals surface area contributed by atoms with Crippen LogP contribution in [0.4, 0.5) is 5.69 Å². The lowest BCUT2D eigenvalue weighted by atomic mass is 10.3. The Morgan fingerprint density at radius 1 is 0.906 bits per heavy atom. The van der Waals surface area contributed by atoms with Gasteiger partial charge in [-0.05, 0) is 61.4 Å². The fourth-order valence-electron chi connectivity index (χ4n) is 3.39. The molecule has 0 radical (unpaired) electrons. The molecule has 3 aromatic rings. The molecule has 4 rings (SSSR count). The average molecular weight is 469 g/mol. The topological polar surface area (TPSA) is 75.7 Å². The van der Waals surface area contributed by atoms with Gasteiger partial charge < -0.3 is 10.1 Å². The first-order chi connectivity index (χ1) is 15.5. The molecule has 0 saturated carbocycles. The molecule has 0 bridgehead atoms. The molecule has 0 unspecified atom stereocenters. The van der Waals surface area contributed by atoms with Gasteiger partial charge in [0, 0.05) is 18.0 Å². The Balaban J connectivity index is 1.35. The van der Waals surface area contributed by atoms with E-state index in [-0.39, 0.29) is 11.7 Å². The molecule has 0 atom stereocenters. The zero-order chi connectivity index (χ0) is 22.4. The smallest absolute Gasteiger partial charge is 0.243 e. The number of ether oxygens (including phenoxy) is 1. The first-order valence-electron chi connectivity index (χ1n) is 10.4. The van der Waals surface area contributed by atoms with E-state index < -0.39 is 10.0 Å². The highest BCUT2D eigenvalue weighted by Gasteiger charge is 2.26. The maximum absolute atomic E-state index is 12.6. The van der Waals surface area contributed by atoms with Gasteiger partial charge in [0.25, 0.3) is 0 Å². The highest BCUT2D eigenvalue weighted by molar-refractivity contribution is 8.00. The van der Waals surface area contributed by atoms with Crippen LogP contribution in [0.15, 0.2) is 88.7 Å². The lowest BCUT2D eigenvalue weighted by molar-refractivity contribution is -0.113. The van der Waals surface area contributed by atoms with E-state index in [4.69, 9.17) is 4.74 Å². The third kappa shape index (κ3) is 5.51. The van der Waals surface area contributed by atoms with Crippen molar-refractivity contribution in [1.29, 1.82) is 0 Å². The van der Waals surface area contributed by atoms with Crippen LogP contribution < -0.4 is 10.1 Å². The van der Waals surface area contributed by atoms with Gasteiger partial charge in [0.05, 0.1) is 16.3 Å². The number of anilines is 1. The molecular weight excluding hydrogens is 444 g/mol. The number of amides is 1. The molecule has 1 heterocycles. The van der Waals surface area contributed by atoms with Crippen LogP contribution >= 0.6 is 11.8 Å². The average Bonchev–Trinajstić information content (AvgIpc) is 3.36. The summed E-state index contributed by atoms with van der Waals surface area (Å²) >= 11 is 1.35. The molecule has 1 aliphatic rings. The number of thioether (sulfide) groups is 1. The van der Waals surface area contributed by atoms with Gasteiger partial charge in [-0.25, -0.2) is 8.42 Å². The summed E-state index contributed by atoms with van der Waals surface area (Å²) in [5.41, 5.74) is 0.592. The summed E-state index contributed by atoms with van der Waals surface area (Å²) in [7, 11) is -3.43. The molecule has 1 amide bonds. The molecule has 1 aliphatic heterocycles. The number of hydrogen-bond acceptors (Lipinski definition) is 5. The second-order valence-electron chi connectivity index (χ2n) is 7.33. The minimum Gasteiger partial charge on any atom is -0.455 e. The number of benzene rings is 3. The summed E-state index contributed by atoms with van der Waals surface area (Å²) in [6.07, 6.45) is 1.81. The Hall–Kier alpha value is -2.81. The number of hydrogen-bond donors (Lipinski definition) is 1. The van der Waals surface area contributed by atoms with Crippen LogP contribution in [0.2, 0.25) is 0 Å². The first-order valence-corrected chi connectivity index (χ1v) is 12.8. The Labute approximate surface area is 192 Å². The van der Waals surface area contributed by atoms with E-state index in [1.807, 2.05) is 42.5 Å². The van der Waals surface area contributed by atoms with Crippen molar-refractivity contribution in [2.24, 2.45) is 0 Å². The summed E-state index contributed by atoms with van der Waals surface area (Å²) in [6.45, 7) is 1.16. The molecule has 166 valence electrons. The second-order valence-corrected chi connectivity index (χ2v) is 10.3. The number of carbonyl (C=O) groups is 1. The van der Waals surface area contributed by atoms with Gasteiger partial charge in [-0.2, -0.15) is 4.31 Å². The second kappa shape index (κ2) is 10.2. The highest BCUT2D eigenvalue weighted by Crippen LogP contribution is 2.30. The molecule has 0 aromatic heterocycles. The summed E-state index contributed by atoms with van der Waals surface area (Å²) < 4.78 is 32.6. The van der Waals surface area contributed by atoms with E-state index in [9.17, 15) is 13.2 Å². The Morgan fingerprint density at radius 2 is 1.56 bits per heavy atom. The number of rotatable bonds is 8. The quantitative estimate of drug-likeness (QED) is 0.471. The van der Waals surface area contributed by atoms with Gasteiger partial charge in [-0.3, -0.25) is 4.79 Å². The third-order valence-corrected chi connectivity index (χ3v) is 7.95. The number of nitrogens with zero attached hydrogens (tertiary/aromatic N) is 1. The van der Waals surface area contributed by atoms with Crippen molar-refractivity contribution in [3.8, 4) is 11.5 Å². The molecule has 32 heavy (non-hydrogen) atoms. The number of sulfonamides is 1. The van der Waals surface area contributed by atoms with Gasteiger partial charge in [0.15, 0.2) is 5.75 Å². The van der Waals surface area contributed by atoms with Gasteiger partial charge in [-0.15, -0.1) is 11.8 Å². The van der Waals surface area contributed by atoms with Crippen LogP contribution in [0.3, 0.4) is 0 Å². The zero-order valence-corrected chi connectivity index (χ0v) is 19.1. The fraction of sp³-hybridized carbons (Fsp3) is 0.208.